The molecule has 0 amide bonds. The van der Waals surface area contributed by atoms with Gasteiger partial charge in [-0.2, -0.15) is 0 Å². The average molecular weight is 270 g/mol. The molecule has 4 heteroatoms. The number of aromatic nitrogens is 2. The summed E-state index contributed by atoms with van der Waals surface area (Å²) in [6.45, 7) is 2.13. The molecule has 0 aromatic carbocycles. The van der Waals surface area contributed by atoms with Crippen LogP contribution in [0.5, 0.6) is 0 Å². The van der Waals surface area contributed by atoms with Crippen LogP contribution in [0.4, 0.5) is 0 Å². The van der Waals surface area contributed by atoms with Gasteiger partial charge in [-0.15, -0.1) is 0 Å². The molecular weight excluding hydrogens is 248 g/mol. The number of aryl methyl sites for hydroxylation is 2. The van der Waals surface area contributed by atoms with Crippen molar-refractivity contribution >= 4 is 0 Å². The van der Waals surface area contributed by atoms with Gasteiger partial charge in [0.25, 0.3) is 0 Å². The van der Waals surface area contributed by atoms with Crippen LogP contribution in [0, 0.1) is 0 Å². The fraction of sp³-hybridized carbons (Fsp3) is 0.375. The molecule has 20 heavy (non-hydrogen) atoms. The molecule has 0 aliphatic rings. The van der Waals surface area contributed by atoms with Gasteiger partial charge in [0.15, 0.2) is 0 Å². The van der Waals surface area contributed by atoms with E-state index in [2.05, 4.69) is 40.5 Å². The number of nitrogens with two attached hydrogens (primary N) is 1. The number of nitrogens with one attached hydrogen (secondary N) is 1. The molecule has 3 N–H and O–H groups in total. The highest BCUT2D eigenvalue weighted by molar-refractivity contribution is 5.15. The molecule has 2 rings (SSSR count). The summed E-state index contributed by atoms with van der Waals surface area (Å²) >= 11 is 0. The highest BCUT2D eigenvalue weighted by Crippen LogP contribution is 2.08. The number of nitrogens with zero attached hydrogens (tertiary/aromatic N) is 2. The van der Waals surface area contributed by atoms with Gasteiger partial charge in [-0.3, -0.25) is 21.2 Å². The minimum Gasteiger partial charge on any atom is -0.271 e. The Bertz CT molecular complexity index is 496. The van der Waals surface area contributed by atoms with Crippen LogP contribution in [-0.4, -0.2) is 16.0 Å². The summed E-state index contributed by atoms with van der Waals surface area (Å²) in [6.07, 6.45) is 9.45. The second kappa shape index (κ2) is 7.72. The van der Waals surface area contributed by atoms with Crippen molar-refractivity contribution in [3.8, 4) is 0 Å². The molecule has 0 radical (unpaired) electrons. The lowest BCUT2D eigenvalue weighted by atomic mass is 10.0. The highest BCUT2D eigenvalue weighted by Gasteiger charge is 2.09. The van der Waals surface area contributed by atoms with Crippen LogP contribution in [0.25, 0.3) is 0 Å². The molecule has 0 aliphatic heterocycles. The van der Waals surface area contributed by atoms with E-state index < -0.39 is 0 Å². The summed E-state index contributed by atoms with van der Waals surface area (Å²) < 4.78 is 0. The van der Waals surface area contributed by atoms with E-state index in [1.807, 2.05) is 18.5 Å². The van der Waals surface area contributed by atoms with E-state index in [9.17, 15) is 0 Å². The van der Waals surface area contributed by atoms with Crippen molar-refractivity contribution in [2.75, 3.05) is 0 Å². The molecule has 106 valence electrons. The Balaban J connectivity index is 1.88. The van der Waals surface area contributed by atoms with Crippen molar-refractivity contribution in [1.82, 2.24) is 15.4 Å². The van der Waals surface area contributed by atoms with Crippen LogP contribution in [0.3, 0.4) is 0 Å². The summed E-state index contributed by atoms with van der Waals surface area (Å²) in [4.78, 5) is 8.61. The van der Waals surface area contributed by atoms with Gasteiger partial charge in [-0.25, -0.2) is 0 Å². The summed E-state index contributed by atoms with van der Waals surface area (Å²) in [5, 5.41) is 0. The SMILES string of the molecule is CCc1ccc(CC(CCc2cccnc2)NN)nc1. The molecule has 1 atom stereocenters. The zero-order valence-electron chi connectivity index (χ0n) is 11.9. The molecule has 0 bridgehead atoms. The normalized spacial score (nSPS) is 12.3. The first-order valence-electron chi connectivity index (χ1n) is 7.10. The van der Waals surface area contributed by atoms with Crippen molar-refractivity contribution in [1.29, 1.82) is 0 Å². The van der Waals surface area contributed by atoms with Gasteiger partial charge >= 0.3 is 0 Å². The van der Waals surface area contributed by atoms with E-state index in [1.165, 1.54) is 11.1 Å². The lowest BCUT2D eigenvalue weighted by Gasteiger charge is -2.15. The summed E-state index contributed by atoms with van der Waals surface area (Å²) in [7, 11) is 0. The molecule has 0 spiro atoms. The maximum Gasteiger partial charge on any atom is 0.0419 e. The Morgan fingerprint density at radius 2 is 2.10 bits per heavy atom. The average Bonchev–Trinajstić information content (AvgIpc) is 2.53. The summed E-state index contributed by atoms with van der Waals surface area (Å²) in [5.74, 6) is 5.65. The van der Waals surface area contributed by atoms with Crippen LogP contribution in [0.1, 0.15) is 30.2 Å². The van der Waals surface area contributed by atoms with E-state index >= 15 is 0 Å². The predicted octanol–water partition coefficient (Wildman–Crippen LogP) is 2.05. The maximum absolute atomic E-state index is 5.65. The fourth-order valence-corrected chi connectivity index (χ4v) is 2.17. The van der Waals surface area contributed by atoms with Gasteiger partial charge in [-0.05, 0) is 42.5 Å². The van der Waals surface area contributed by atoms with E-state index in [1.54, 1.807) is 6.20 Å². The number of hydrogen-bond acceptors (Lipinski definition) is 4. The van der Waals surface area contributed by atoms with Crippen molar-refractivity contribution in [3.63, 3.8) is 0 Å². The Labute approximate surface area is 120 Å². The first-order chi connectivity index (χ1) is 9.81. The van der Waals surface area contributed by atoms with E-state index in [0.29, 0.717) is 0 Å². The van der Waals surface area contributed by atoms with Gasteiger partial charge in [0.2, 0.25) is 0 Å². The Hall–Kier alpha value is -1.78. The number of rotatable bonds is 7. The first kappa shape index (κ1) is 14.6. The zero-order valence-corrected chi connectivity index (χ0v) is 11.9. The molecule has 2 aromatic heterocycles. The monoisotopic (exact) mass is 270 g/mol. The lowest BCUT2D eigenvalue weighted by molar-refractivity contribution is 0.487. The third-order valence-electron chi connectivity index (χ3n) is 3.49. The molecule has 0 fully saturated rings. The van der Waals surface area contributed by atoms with Crippen LogP contribution >= 0.6 is 0 Å². The molecule has 4 nitrogen and oxygen atoms in total. The zero-order chi connectivity index (χ0) is 14.2. The third-order valence-corrected chi connectivity index (χ3v) is 3.49. The van der Waals surface area contributed by atoms with Gasteiger partial charge in [0, 0.05) is 36.7 Å². The minimum atomic E-state index is 0.232. The second-order valence-electron chi connectivity index (χ2n) is 4.98. The van der Waals surface area contributed by atoms with Crippen molar-refractivity contribution in [3.05, 3.63) is 59.7 Å². The quantitative estimate of drug-likeness (QED) is 0.597. The second-order valence-corrected chi connectivity index (χ2v) is 4.98. The molecule has 1 unspecified atom stereocenters. The van der Waals surface area contributed by atoms with Gasteiger partial charge in [-0.1, -0.05) is 19.1 Å². The number of pyridine rings is 2. The number of hydrogen-bond donors (Lipinski definition) is 2. The Kier molecular flexibility index (Phi) is 5.65. The van der Waals surface area contributed by atoms with Crippen LogP contribution in [0.15, 0.2) is 42.9 Å². The molecule has 0 aliphatic carbocycles. The van der Waals surface area contributed by atoms with E-state index in [4.69, 9.17) is 5.84 Å². The van der Waals surface area contributed by atoms with Crippen molar-refractivity contribution in [2.24, 2.45) is 5.84 Å². The smallest absolute Gasteiger partial charge is 0.0419 e. The van der Waals surface area contributed by atoms with Crippen molar-refractivity contribution in [2.45, 2.75) is 38.6 Å². The molecule has 0 saturated carbocycles. The Morgan fingerprint density at radius 1 is 1.20 bits per heavy atom. The molecule has 0 saturated heterocycles. The Morgan fingerprint density at radius 3 is 2.70 bits per heavy atom. The van der Waals surface area contributed by atoms with Crippen LogP contribution < -0.4 is 11.3 Å². The lowest BCUT2D eigenvalue weighted by Crippen LogP contribution is -2.37. The predicted molar refractivity (Wildman–Crippen MR) is 81.0 cm³/mol. The summed E-state index contributed by atoms with van der Waals surface area (Å²) in [5.41, 5.74) is 6.47. The van der Waals surface area contributed by atoms with Crippen LogP contribution in [0.2, 0.25) is 0 Å². The third kappa shape index (κ3) is 4.40. The maximum atomic E-state index is 5.65. The van der Waals surface area contributed by atoms with Gasteiger partial charge in [0.05, 0.1) is 0 Å². The molecule has 2 aromatic rings. The molecule has 2 heterocycles. The largest absolute Gasteiger partial charge is 0.271 e. The highest BCUT2D eigenvalue weighted by atomic mass is 15.2. The fourth-order valence-electron chi connectivity index (χ4n) is 2.17. The van der Waals surface area contributed by atoms with E-state index in [0.717, 1.165) is 31.4 Å². The van der Waals surface area contributed by atoms with Crippen LogP contribution in [-0.2, 0) is 19.3 Å². The van der Waals surface area contributed by atoms with Crippen molar-refractivity contribution < 1.29 is 0 Å². The van der Waals surface area contributed by atoms with E-state index in [-0.39, 0.29) is 6.04 Å². The first-order valence-corrected chi connectivity index (χ1v) is 7.10. The minimum absolute atomic E-state index is 0.232. The standard InChI is InChI=1S/C16H22N4/c1-2-13-5-7-15(19-12-13)10-16(20-17)8-6-14-4-3-9-18-11-14/h3-5,7,9,11-12,16,20H,2,6,8,10,17H2,1H3. The topological polar surface area (TPSA) is 63.8 Å². The van der Waals surface area contributed by atoms with Gasteiger partial charge < -0.3 is 0 Å². The summed E-state index contributed by atoms with van der Waals surface area (Å²) in [6, 6.07) is 8.51. The number of hydrazine groups is 1. The van der Waals surface area contributed by atoms with Gasteiger partial charge in [0.1, 0.15) is 0 Å². The molecular formula is C16H22N4.